The van der Waals surface area contributed by atoms with Crippen LogP contribution in [0.1, 0.15) is 18.4 Å². The van der Waals surface area contributed by atoms with Gasteiger partial charge < -0.3 is 24.4 Å². The summed E-state index contributed by atoms with van der Waals surface area (Å²) in [5, 5.41) is 3.03. The molecule has 1 saturated heterocycles. The van der Waals surface area contributed by atoms with E-state index in [1.54, 1.807) is 0 Å². The molecule has 32 heavy (non-hydrogen) atoms. The highest BCUT2D eigenvalue weighted by Gasteiger charge is 2.20. The van der Waals surface area contributed by atoms with Crippen molar-refractivity contribution >= 4 is 17.7 Å². The number of nitrogens with one attached hydrogen (secondary N) is 1. The Bertz CT molecular complexity index is 998. The summed E-state index contributed by atoms with van der Waals surface area (Å²) in [6.45, 7) is 6.49. The van der Waals surface area contributed by atoms with Crippen LogP contribution in [-0.2, 0) is 4.79 Å². The minimum atomic E-state index is -0.0307. The molecular formula is C25H29N3O4. The number of amides is 1. The van der Waals surface area contributed by atoms with E-state index in [2.05, 4.69) is 27.2 Å². The van der Waals surface area contributed by atoms with Gasteiger partial charge in [0.2, 0.25) is 6.79 Å². The molecule has 3 aliphatic heterocycles. The van der Waals surface area contributed by atoms with Crippen LogP contribution in [0, 0.1) is 0 Å². The summed E-state index contributed by atoms with van der Waals surface area (Å²) in [5.74, 6) is 2.47. The Morgan fingerprint density at radius 3 is 2.66 bits per heavy atom. The van der Waals surface area contributed by atoms with Gasteiger partial charge in [-0.3, -0.25) is 9.69 Å². The van der Waals surface area contributed by atoms with E-state index in [0.717, 1.165) is 68.4 Å². The van der Waals surface area contributed by atoms with E-state index in [1.165, 1.54) is 5.69 Å². The topological polar surface area (TPSA) is 63.3 Å². The Morgan fingerprint density at radius 2 is 1.75 bits per heavy atom. The highest BCUT2D eigenvalue weighted by molar-refractivity contribution is 5.99. The molecule has 7 nitrogen and oxygen atoms in total. The predicted octanol–water partition coefficient (Wildman–Crippen LogP) is 2.91. The van der Waals surface area contributed by atoms with Crippen LogP contribution in [-0.4, -0.2) is 63.5 Å². The second-order valence-corrected chi connectivity index (χ2v) is 8.33. The van der Waals surface area contributed by atoms with Crippen LogP contribution >= 0.6 is 0 Å². The van der Waals surface area contributed by atoms with Gasteiger partial charge in [0.1, 0.15) is 12.4 Å². The van der Waals surface area contributed by atoms with Crippen molar-refractivity contribution < 1.29 is 19.0 Å². The largest absolute Gasteiger partial charge is 0.488 e. The average molecular weight is 436 g/mol. The van der Waals surface area contributed by atoms with Crippen molar-refractivity contribution in [1.29, 1.82) is 0 Å². The summed E-state index contributed by atoms with van der Waals surface area (Å²) in [5.41, 5.74) is 2.84. The third-order valence-electron chi connectivity index (χ3n) is 6.20. The van der Waals surface area contributed by atoms with Gasteiger partial charge in [0.05, 0.1) is 5.57 Å². The number of rotatable bonds is 7. The molecule has 5 rings (SSSR count). The molecule has 7 heteroatoms. The van der Waals surface area contributed by atoms with Crippen molar-refractivity contribution in [2.75, 3.05) is 57.6 Å². The minimum absolute atomic E-state index is 0.0307. The van der Waals surface area contributed by atoms with Gasteiger partial charge in [-0.15, -0.1) is 0 Å². The first-order chi connectivity index (χ1) is 15.8. The van der Waals surface area contributed by atoms with Gasteiger partial charge in [0.15, 0.2) is 11.5 Å². The third-order valence-corrected chi connectivity index (χ3v) is 6.20. The van der Waals surface area contributed by atoms with Gasteiger partial charge in [-0.25, -0.2) is 0 Å². The van der Waals surface area contributed by atoms with Crippen LogP contribution in [0.3, 0.4) is 0 Å². The smallest absolute Gasteiger partial charge is 0.250 e. The lowest BCUT2D eigenvalue weighted by Gasteiger charge is -2.36. The van der Waals surface area contributed by atoms with Crippen molar-refractivity contribution in [3.63, 3.8) is 0 Å². The first-order valence-electron chi connectivity index (χ1n) is 11.3. The summed E-state index contributed by atoms with van der Waals surface area (Å²) in [6.07, 6.45) is 3.97. The van der Waals surface area contributed by atoms with Crippen molar-refractivity contribution in [2.45, 2.75) is 12.8 Å². The van der Waals surface area contributed by atoms with E-state index in [1.807, 2.05) is 36.4 Å². The molecule has 0 bridgehead atoms. The number of benzene rings is 2. The molecule has 0 radical (unpaired) electrons. The van der Waals surface area contributed by atoms with E-state index in [-0.39, 0.29) is 5.91 Å². The third kappa shape index (κ3) is 4.67. The molecule has 1 fully saturated rings. The van der Waals surface area contributed by atoms with Crippen LogP contribution in [0.25, 0.3) is 6.08 Å². The van der Waals surface area contributed by atoms with Crippen LogP contribution < -0.4 is 24.4 Å². The van der Waals surface area contributed by atoms with E-state index >= 15 is 0 Å². The number of piperazine rings is 1. The molecule has 0 aliphatic carbocycles. The molecule has 0 unspecified atom stereocenters. The first kappa shape index (κ1) is 20.7. The lowest BCUT2D eigenvalue weighted by Crippen LogP contribution is -2.46. The monoisotopic (exact) mass is 435 g/mol. The highest BCUT2D eigenvalue weighted by atomic mass is 16.7. The average Bonchev–Trinajstić information content (AvgIpc) is 3.32. The maximum atomic E-state index is 12.4. The number of fused-ring (bicyclic) bond motifs is 2. The molecule has 1 amide bonds. The maximum Gasteiger partial charge on any atom is 0.250 e. The summed E-state index contributed by atoms with van der Waals surface area (Å²) in [4.78, 5) is 17.3. The van der Waals surface area contributed by atoms with Gasteiger partial charge in [-0.05, 0) is 43.7 Å². The molecule has 168 valence electrons. The standard InChI is InChI=1S/C25H29N3O4/c29-25(20-15-19-5-1-2-6-22(19)30-17-20)26-9-3-4-10-27-11-13-28(14-12-27)21-7-8-23-24(16-21)32-18-31-23/h1-2,5-8,15-16H,3-4,9-14,17-18H2,(H,26,29). The summed E-state index contributed by atoms with van der Waals surface area (Å²) in [6, 6.07) is 14.0. The quantitative estimate of drug-likeness (QED) is 0.675. The summed E-state index contributed by atoms with van der Waals surface area (Å²) < 4.78 is 16.6. The van der Waals surface area contributed by atoms with Crippen molar-refractivity contribution in [3.05, 3.63) is 53.6 Å². The minimum Gasteiger partial charge on any atom is -0.488 e. The summed E-state index contributed by atoms with van der Waals surface area (Å²) in [7, 11) is 0. The number of nitrogens with zero attached hydrogens (tertiary/aromatic N) is 2. The lowest BCUT2D eigenvalue weighted by molar-refractivity contribution is -0.117. The van der Waals surface area contributed by atoms with Crippen LogP contribution in [0.4, 0.5) is 5.69 Å². The highest BCUT2D eigenvalue weighted by Crippen LogP contribution is 2.35. The zero-order valence-corrected chi connectivity index (χ0v) is 18.2. The molecule has 0 aromatic heterocycles. The number of ether oxygens (including phenoxy) is 3. The molecule has 2 aromatic carbocycles. The van der Waals surface area contributed by atoms with Gasteiger partial charge in [-0.1, -0.05) is 18.2 Å². The number of para-hydroxylation sites is 1. The molecule has 3 aliphatic rings. The SMILES string of the molecule is O=C(NCCCCN1CCN(c2ccc3c(c2)OCO3)CC1)C1=Cc2ccccc2OC1. The number of unbranched alkanes of at least 4 members (excludes halogenated alkanes) is 1. The number of hydrogen-bond donors (Lipinski definition) is 1. The van der Waals surface area contributed by atoms with Crippen LogP contribution in [0.15, 0.2) is 48.0 Å². The second-order valence-electron chi connectivity index (χ2n) is 8.33. The maximum absolute atomic E-state index is 12.4. The lowest BCUT2D eigenvalue weighted by atomic mass is 10.1. The summed E-state index contributed by atoms with van der Waals surface area (Å²) >= 11 is 0. The fourth-order valence-corrected chi connectivity index (χ4v) is 4.33. The van der Waals surface area contributed by atoms with E-state index in [9.17, 15) is 4.79 Å². The zero-order valence-electron chi connectivity index (χ0n) is 18.2. The molecule has 1 N–H and O–H groups in total. The van der Waals surface area contributed by atoms with E-state index in [4.69, 9.17) is 14.2 Å². The molecule has 0 atom stereocenters. The Morgan fingerprint density at radius 1 is 0.906 bits per heavy atom. The first-order valence-corrected chi connectivity index (χ1v) is 11.3. The zero-order chi connectivity index (χ0) is 21.8. The Labute approximate surface area is 188 Å². The van der Waals surface area contributed by atoms with Crippen molar-refractivity contribution in [2.24, 2.45) is 0 Å². The second kappa shape index (κ2) is 9.53. The molecule has 0 saturated carbocycles. The fourth-order valence-electron chi connectivity index (χ4n) is 4.33. The van der Waals surface area contributed by atoms with E-state index < -0.39 is 0 Å². The van der Waals surface area contributed by atoms with E-state index in [0.29, 0.717) is 25.5 Å². The van der Waals surface area contributed by atoms with Gasteiger partial charge in [0.25, 0.3) is 5.91 Å². The van der Waals surface area contributed by atoms with Gasteiger partial charge in [-0.2, -0.15) is 0 Å². The number of anilines is 1. The Kier molecular flexibility index (Phi) is 6.16. The number of carbonyl (C=O) groups excluding carboxylic acids is 1. The predicted molar refractivity (Wildman–Crippen MR) is 123 cm³/mol. The number of hydrogen-bond acceptors (Lipinski definition) is 6. The molecule has 0 spiro atoms. The van der Waals surface area contributed by atoms with Crippen molar-refractivity contribution in [3.8, 4) is 17.2 Å². The van der Waals surface area contributed by atoms with Gasteiger partial charge in [0, 0.05) is 50.0 Å². The fraction of sp³-hybridized carbons (Fsp3) is 0.400. The molecular weight excluding hydrogens is 406 g/mol. The van der Waals surface area contributed by atoms with Gasteiger partial charge >= 0.3 is 0 Å². The molecule has 3 heterocycles. The molecule has 2 aromatic rings. The Balaban J connectivity index is 0.997. The Hall–Kier alpha value is -3.19. The normalized spacial score (nSPS) is 17.4. The van der Waals surface area contributed by atoms with Crippen LogP contribution in [0.5, 0.6) is 17.2 Å². The number of carbonyl (C=O) groups is 1. The van der Waals surface area contributed by atoms with Crippen molar-refractivity contribution in [1.82, 2.24) is 10.2 Å². The van der Waals surface area contributed by atoms with Crippen LogP contribution in [0.2, 0.25) is 0 Å².